The van der Waals surface area contributed by atoms with Gasteiger partial charge in [0.2, 0.25) is 11.9 Å². The molecule has 1 amide bonds. The van der Waals surface area contributed by atoms with Crippen molar-refractivity contribution in [3.8, 4) is 11.1 Å². The van der Waals surface area contributed by atoms with Crippen LogP contribution in [0.4, 0.5) is 16.0 Å². The topological polar surface area (TPSA) is 58.1 Å². The number of carbonyl (C=O) groups excluding carboxylic acids is 1. The van der Waals surface area contributed by atoms with Crippen molar-refractivity contribution in [1.29, 1.82) is 0 Å². The zero-order valence-corrected chi connectivity index (χ0v) is 17.2. The molecule has 0 spiro atoms. The number of nitrogens with zero attached hydrogens (tertiary/aromatic N) is 3. The summed E-state index contributed by atoms with van der Waals surface area (Å²) in [7, 11) is 0. The second-order valence-electron chi connectivity index (χ2n) is 7.93. The molecular formula is C24H25FN4O. The van der Waals surface area contributed by atoms with Crippen molar-refractivity contribution in [1.82, 2.24) is 9.97 Å². The molecule has 0 radical (unpaired) electrons. The molecule has 0 unspecified atom stereocenters. The van der Waals surface area contributed by atoms with Gasteiger partial charge in [-0.1, -0.05) is 18.2 Å². The van der Waals surface area contributed by atoms with E-state index in [0.29, 0.717) is 12.5 Å². The molecule has 1 aliphatic rings. The first kappa shape index (κ1) is 20.0. The maximum Gasteiger partial charge on any atom is 0.229 e. The molecule has 1 aliphatic heterocycles. The molecule has 6 heteroatoms. The minimum Gasteiger partial charge on any atom is -0.340 e. The molecule has 1 atom stereocenters. The maximum atomic E-state index is 13.1. The van der Waals surface area contributed by atoms with Crippen LogP contribution in [0.5, 0.6) is 0 Å². The highest BCUT2D eigenvalue weighted by Gasteiger charge is 2.27. The van der Waals surface area contributed by atoms with Gasteiger partial charge in [-0.3, -0.25) is 4.79 Å². The summed E-state index contributed by atoms with van der Waals surface area (Å²) in [4.78, 5) is 23.9. The van der Waals surface area contributed by atoms with Crippen molar-refractivity contribution in [3.05, 3.63) is 71.8 Å². The minimum atomic E-state index is -0.269. The number of nitrogens with one attached hydrogen (secondary N) is 1. The molecule has 3 aromatic rings. The van der Waals surface area contributed by atoms with Crippen molar-refractivity contribution < 1.29 is 9.18 Å². The number of carbonyl (C=O) groups is 1. The highest BCUT2D eigenvalue weighted by Crippen LogP contribution is 2.24. The molecule has 2 aromatic carbocycles. The Morgan fingerprint density at radius 1 is 1.03 bits per heavy atom. The van der Waals surface area contributed by atoms with Crippen molar-refractivity contribution in [3.63, 3.8) is 0 Å². The van der Waals surface area contributed by atoms with Gasteiger partial charge in [0, 0.05) is 36.7 Å². The van der Waals surface area contributed by atoms with Gasteiger partial charge in [0.25, 0.3) is 0 Å². The summed E-state index contributed by atoms with van der Waals surface area (Å²) in [6.07, 6.45) is 5.25. The number of piperidine rings is 1. The van der Waals surface area contributed by atoms with Crippen molar-refractivity contribution in [2.24, 2.45) is 5.92 Å². The Labute approximate surface area is 176 Å². The number of benzene rings is 2. The van der Waals surface area contributed by atoms with Crippen LogP contribution in [0.25, 0.3) is 11.1 Å². The zero-order chi connectivity index (χ0) is 21.1. The first-order valence-corrected chi connectivity index (χ1v) is 10.2. The Morgan fingerprint density at radius 3 is 2.37 bits per heavy atom. The van der Waals surface area contributed by atoms with Crippen LogP contribution in [0.15, 0.2) is 54.9 Å². The number of amides is 1. The second kappa shape index (κ2) is 8.61. The number of aromatic nitrogens is 2. The van der Waals surface area contributed by atoms with Gasteiger partial charge in [0.15, 0.2) is 0 Å². The summed E-state index contributed by atoms with van der Waals surface area (Å²) in [5, 5.41) is 3.06. The van der Waals surface area contributed by atoms with Crippen LogP contribution in [0.2, 0.25) is 0 Å². The lowest BCUT2D eigenvalue weighted by atomic mass is 9.97. The van der Waals surface area contributed by atoms with Crippen LogP contribution in [-0.2, 0) is 4.79 Å². The number of hydrogen-bond donors (Lipinski definition) is 1. The van der Waals surface area contributed by atoms with E-state index in [1.54, 1.807) is 24.5 Å². The third kappa shape index (κ3) is 4.64. The number of halogens is 1. The lowest BCUT2D eigenvalue weighted by Gasteiger charge is -2.32. The fraction of sp³-hybridized carbons (Fsp3) is 0.292. The van der Waals surface area contributed by atoms with Crippen LogP contribution in [0.3, 0.4) is 0 Å². The van der Waals surface area contributed by atoms with E-state index < -0.39 is 0 Å². The van der Waals surface area contributed by atoms with Gasteiger partial charge < -0.3 is 10.2 Å². The van der Waals surface area contributed by atoms with Crippen molar-refractivity contribution in [2.75, 3.05) is 23.3 Å². The second-order valence-corrected chi connectivity index (χ2v) is 7.93. The molecule has 0 bridgehead atoms. The maximum absolute atomic E-state index is 13.1. The standard InChI is InChI=1S/C24H25FN4O/c1-16-10-17(2)12-22(11-16)28-23(30)19-4-3-9-29(15-19)24-26-13-20(14-27-24)18-5-7-21(25)8-6-18/h5-8,10-14,19H,3-4,9,15H2,1-2H3,(H,28,30)/t19-/m1/s1. The lowest BCUT2D eigenvalue weighted by molar-refractivity contribution is -0.120. The fourth-order valence-corrected chi connectivity index (χ4v) is 3.94. The van der Waals surface area contributed by atoms with Gasteiger partial charge in [0.1, 0.15) is 5.82 Å². The van der Waals surface area contributed by atoms with Gasteiger partial charge in [0.05, 0.1) is 5.92 Å². The first-order valence-electron chi connectivity index (χ1n) is 10.2. The van der Waals surface area contributed by atoms with Crippen LogP contribution in [0.1, 0.15) is 24.0 Å². The minimum absolute atomic E-state index is 0.0348. The molecule has 1 saturated heterocycles. The van der Waals surface area contributed by atoms with Gasteiger partial charge in [-0.15, -0.1) is 0 Å². The van der Waals surface area contributed by atoms with Gasteiger partial charge in [-0.2, -0.15) is 0 Å². The lowest BCUT2D eigenvalue weighted by Crippen LogP contribution is -2.41. The molecular weight excluding hydrogens is 379 g/mol. The van der Waals surface area contributed by atoms with E-state index in [2.05, 4.69) is 26.3 Å². The summed E-state index contributed by atoms with van der Waals surface area (Å²) in [5.74, 6) is 0.270. The molecule has 5 nitrogen and oxygen atoms in total. The molecule has 154 valence electrons. The number of aryl methyl sites for hydroxylation is 2. The quantitative estimate of drug-likeness (QED) is 0.681. The van der Waals surface area contributed by atoms with Crippen molar-refractivity contribution in [2.45, 2.75) is 26.7 Å². The van der Waals surface area contributed by atoms with Gasteiger partial charge in [-0.25, -0.2) is 14.4 Å². The normalized spacial score (nSPS) is 16.4. The van der Waals surface area contributed by atoms with Crippen LogP contribution in [0, 0.1) is 25.6 Å². The third-order valence-corrected chi connectivity index (χ3v) is 5.38. The summed E-state index contributed by atoms with van der Waals surface area (Å²) in [6.45, 7) is 5.46. The molecule has 1 aromatic heterocycles. The number of anilines is 2. The summed E-state index contributed by atoms with van der Waals surface area (Å²) < 4.78 is 13.1. The summed E-state index contributed by atoms with van der Waals surface area (Å²) >= 11 is 0. The Morgan fingerprint density at radius 2 is 1.70 bits per heavy atom. The smallest absolute Gasteiger partial charge is 0.229 e. The molecule has 1 fully saturated rings. The molecule has 0 aliphatic carbocycles. The third-order valence-electron chi connectivity index (χ3n) is 5.38. The zero-order valence-electron chi connectivity index (χ0n) is 17.2. The van der Waals surface area contributed by atoms with E-state index >= 15 is 0 Å². The van der Waals surface area contributed by atoms with E-state index in [-0.39, 0.29) is 17.6 Å². The molecule has 1 N–H and O–H groups in total. The average molecular weight is 404 g/mol. The van der Waals surface area contributed by atoms with E-state index in [0.717, 1.165) is 47.3 Å². The highest BCUT2D eigenvalue weighted by atomic mass is 19.1. The molecule has 30 heavy (non-hydrogen) atoms. The van der Waals surface area contributed by atoms with Crippen LogP contribution >= 0.6 is 0 Å². The molecule has 2 heterocycles. The number of rotatable bonds is 4. The fourth-order valence-electron chi connectivity index (χ4n) is 3.94. The van der Waals surface area contributed by atoms with Crippen LogP contribution in [-0.4, -0.2) is 29.0 Å². The van der Waals surface area contributed by atoms with E-state index in [4.69, 9.17) is 0 Å². The Bertz CT molecular complexity index is 1010. The Balaban J connectivity index is 1.43. The largest absolute Gasteiger partial charge is 0.340 e. The van der Waals surface area contributed by atoms with Gasteiger partial charge in [-0.05, 0) is 67.6 Å². The molecule has 4 rings (SSSR count). The number of hydrogen-bond acceptors (Lipinski definition) is 4. The van der Waals surface area contributed by atoms with E-state index in [1.807, 2.05) is 26.0 Å². The van der Waals surface area contributed by atoms with E-state index in [1.165, 1.54) is 12.1 Å². The SMILES string of the molecule is Cc1cc(C)cc(NC(=O)[C@@H]2CCCN(c3ncc(-c4ccc(F)cc4)cn3)C2)c1. The Hall–Kier alpha value is -3.28. The summed E-state index contributed by atoms with van der Waals surface area (Å²) in [5.41, 5.74) is 4.80. The average Bonchev–Trinajstić information content (AvgIpc) is 2.74. The van der Waals surface area contributed by atoms with Gasteiger partial charge >= 0.3 is 0 Å². The predicted molar refractivity (Wildman–Crippen MR) is 117 cm³/mol. The highest BCUT2D eigenvalue weighted by molar-refractivity contribution is 5.93. The van der Waals surface area contributed by atoms with E-state index in [9.17, 15) is 9.18 Å². The summed E-state index contributed by atoms with van der Waals surface area (Å²) in [6, 6.07) is 12.3. The monoisotopic (exact) mass is 404 g/mol. The molecule has 0 saturated carbocycles. The Kier molecular flexibility index (Phi) is 5.74. The first-order chi connectivity index (χ1) is 14.5. The predicted octanol–water partition coefficient (Wildman–Crippen LogP) is 4.75. The van der Waals surface area contributed by atoms with Crippen molar-refractivity contribution >= 4 is 17.5 Å². The van der Waals surface area contributed by atoms with Crippen LogP contribution < -0.4 is 10.2 Å².